The number of nitrogens with zero attached hydrogens (tertiary/aromatic N) is 3. The fraction of sp³-hybridized carbons (Fsp3) is 0.562. The summed E-state index contributed by atoms with van der Waals surface area (Å²) in [6.07, 6.45) is 0. The zero-order valence-corrected chi connectivity index (χ0v) is 16.8. The van der Waals surface area contributed by atoms with Crippen LogP contribution in [0.1, 0.15) is 12.5 Å². The molecule has 1 aliphatic heterocycles. The monoisotopic (exact) mass is 463 g/mol. The van der Waals surface area contributed by atoms with Gasteiger partial charge >= 0.3 is 0 Å². The van der Waals surface area contributed by atoms with Gasteiger partial charge in [0.2, 0.25) is 0 Å². The lowest BCUT2D eigenvalue weighted by atomic mass is 10.2. The first kappa shape index (κ1) is 21.6. The van der Waals surface area contributed by atoms with Crippen molar-refractivity contribution >= 4 is 35.6 Å². The maximum Gasteiger partial charge on any atom is 0.274 e. The van der Waals surface area contributed by atoms with Gasteiger partial charge in [-0.3, -0.25) is 15.0 Å². The van der Waals surface area contributed by atoms with Crippen molar-refractivity contribution in [1.29, 1.82) is 0 Å². The van der Waals surface area contributed by atoms with Crippen molar-refractivity contribution in [3.05, 3.63) is 39.9 Å². The third-order valence-electron chi connectivity index (χ3n) is 3.76. The highest BCUT2D eigenvalue weighted by molar-refractivity contribution is 14.0. The van der Waals surface area contributed by atoms with Gasteiger partial charge in [-0.2, -0.15) is 0 Å². The van der Waals surface area contributed by atoms with Crippen LogP contribution in [-0.4, -0.2) is 61.7 Å². The Morgan fingerprint density at radius 3 is 2.72 bits per heavy atom. The topological polar surface area (TPSA) is 92.0 Å². The number of halogens is 1. The van der Waals surface area contributed by atoms with Gasteiger partial charge in [0.25, 0.3) is 5.69 Å². The number of benzene rings is 1. The number of para-hydroxylation sites is 1. The molecule has 0 spiro atoms. The predicted molar refractivity (Wildman–Crippen MR) is 109 cm³/mol. The van der Waals surface area contributed by atoms with E-state index < -0.39 is 0 Å². The fourth-order valence-corrected chi connectivity index (χ4v) is 2.49. The van der Waals surface area contributed by atoms with Crippen LogP contribution in [-0.2, 0) is 11.3 Å². The van der Waals surface area contributed by atoms with Crippen molar-refractivity contribution in [2.45, 2.75) is 13.5 Å². The quantitative estimate of drug-likeness (QED) is 0.210. The summed E-state index contributed by atoms with van der Waals surface area (Å²) in [6, 6.07) is 6.69. The van der Waals surface area contributed by atoms with Gasteiger partial charge in [0.1, 0.15) is 0 Å². The van der Waals surface area contributed by atoms with E-state index in [2.05, 4.69) is 20.5 Å². The molecule has 0 amide bonds. The molecule has 25 heavy (non-hydrogen) atoms. The number of ether oxygens (including phenoxy) is 1. The Kier molecular flexibility index (Phi) is 10.3. The lowest BCUT2D eigenvalue weighted by Gasteiger charge is -2.26. The van der Waals surface area contributed by atoms with Gasteiger partial charge in [-0.1, -0.05) is 18.2 Å². The number of nitro benzene ring substituents is 1. The number of rotatable bonds is 7. The number of morpholine rings is 1. The first-order chi connectivity index (χ1) is 11.7. The Balaban J connectivity index is 0.00000312. The Labute approximate surface area is 165 Å². The van der Waals surface area contributed by atoms with Crippen molar-refractivity contribution < 1.29 is 9.66 Å². The molecule has 8 nitrogen and oxygen atoms in total. The van der Waals surface area contributed by atoms with E-state index in [0.717, 1.165) is 45.9 Å². The van der Waals surface area contributed by atoms with Crippen LogP contribution in [0, 0.1) is 10.1 Å². The van der Waals surface area contributed by atoms with E-state index in [1.165, 1.54) is 6.07 Å². The first-order valence-corrected chi connectivity index (χ1v) is 8.25. The summed E-state index contributed by atoms with van der Waals surface area (Å²) in [5.74, 6) is 0.670. The molecule has 0 bridgehead atoms. The van der Waals surface area contributed by atoms with Gasteiger partial charge in [-0.05, 0) is 6.92 Å². The lowest BCUT2D eigenvalue weighted by Crippen LogP contribution is -2.44. The summed E-state index contributed by atoms with van der Waals surface area (Å²) in [6.45, 7) is 8.14. The summed E-state index contributed by atoms with van der Waals surface area (Å²) >= 11 is 0. The average molecular weight is 463 g/mol. The highest BCUT2D eigenvalue weighted by Crippen LogP contribution is 2.18. The van der Waals surface area contributed by atoms with E-state index in [-0.39, 0.29) is 41.1 Å². The zero-order valence-electron chi connectivity index (χ0n) is 14.4. The van der Waals surface area contributed by atoms with Crippen LogP contribution in [0.5, 0.6) is 0 Å². The minimum Gasteiger partial charge on any atom is -0.379 e. The van der Waals surface area contributed by atoms with Gasteiger partial charge in [-0.15, -0.1) is 24.0 Å². The van der Waals surface area contributed by atoms with Gasteiger partial charge < -0.3 is 15.4 Å². The predicted octanol–water partition coefficient (Wildman–Crippen LogP) is 1.60. The molecular formula is C16H26IN5O3. The molecule has 1 saturated heterocycles. The third-order valence-corrected chi connectivity index (χ3v) is 3.76. The number of hydrogen-bond donors (Lipinski definition) is 2. The van der Waals surface area contributed by atoms with Crippen molar-refractivity contribution in [1.82, 2.24) is 15.5 Å². The van der Waals surface area contributed by atoms with Crippen molar-refractivity contribution in [3.8, 4) is 0 Å². The summed E-state index contributed by atoms with van der Waals surface area (Å²) in [5, 5.41) is 17.5. The minimum absolute atomic E-state index is 0. The van der Waals surface area contributed by atoms with Crippen LogP contribution < -0.4 is 10.6 Å². The summed E-state index contributed by atoms with van der Waals surface area (Å²) in [4.78, 5) is 17.5. The van der Waals surface area contributed by atoms with E-state index in [1.807, 2.05) is 6.92 Å². The molecule has 0 radical (unpaired) electrons. The largest absolute Gasteiger partial charge is 0.379 e. The molecule has 1 aromatic rings. The lowest BCUT2D eigenvalue weighted by molar-refractivity contribution is -0.385. The first-order valence-electron chi connectivity index (χ1n) is 8.25. The van der Waals surface area contributed by atoms with Crippen molar-refractivity contribution in [2.24, 2.45) is 4.99 Å². The second-order valence-electron chi connectivity index (χ2n) is 5.46. The molecule has 0 aliphatic carbocycles. The Morgan fingerprint density at radius 1 is 1.32 bits per heavy atom. The molecule has 140 valence electrons. The van der Waals surface area contributed by atoms with Crippen LogP contribution in [0.15, 0.2) is 29.3 Å². The molecule has 0 unspecified atom stereocenters. The summed E-state index contributed by atoms with van der Waals surface area (Å²) in [7, 11) is 0. The van der Waals surface area contributed by atoms with E-state index in [0.29, 0.717) is 11.5 Å². The molecule has 0 saturated carbocycles. The number of guanidine groups is 1. The fourth-order valence-electron chi connectivity index (χ4n) is 2.49. The minimum atomic E-state index is -0.371. The van der Waals surface area contributed by atoms with Crippen LogP contribution in [0.4, 0.5) is 5.69 Å². The molecule has 9 heteroatoms. The molecule has 2 rings (SSSR count). The molecular weight excluding hydrogens is 437 g/mol. The van der Waals surface area contributed by atoms with Crippen molar-refractivity contribution in [2.75, 3.05) is 45.9 Å². The van der Waals surface area contributed by atoms with Crippen LogP contribution >= 0.6 is 24.0 Å². The molecule has 1 aromatic carbocycles. The Morgan fingerprint density at radius 2 is 2.04 bits per heavy atom. The Hall–Kier alpha value is -1.46. The van der Waals surface area contributed by atoms with Gasteiger partial charge in [0.15, 0.2) is 5.96 Å². The molecule has 1 aliphatic rings. The zero-order chi connectivity index (χ0) is 17.2. The van der Waals surface area contributed by atoms with Gasteiger partial charge in [0.05, 0.1) is 30.2 Å². The smallest absolute Gasteiger partial charge is 0.274 e. The van der Waals surface area contributed by atoms with Crippen LogP contribution in [0.3, 0.4) is 0 Å². The maximum absolute atomic E-state index is 11.0. The molecule has 1 fully saturated rings. The SMILES string of the molecule is CCNC(=NCc1ccccc1[N+](=O)[O-])NCCN1CCOCC1.I. The molecule has 1 heterocycles. The number of hydrogen-bond acceptors (Lipinski definition) is 5. The van der Waals surface area contributed by atoms with Gasteiger partial charge in [0, 0.05) is 38.8 Å². The number of nitrogens with one attached hydrogen (secondary N) is 2. The third kappa shape index (κ3) is 7.53. The van der Waals surface area contributed by atoms with Crippen LogP contribution in [0.2, 0.25) is 0 Å². The number of nitro groups is 1. The van der Waals surface area contributed by atoms with E-state index in [9.17, 15) is 10.1 Å². The highest BCUT2D eigenvalue weighted by atomic mass is 127. The molecule has 0 aromatic heterocycles. The average Bonchev–Trinajstić information content (AvgIpc) is 2.60. The normalized spacial score (nSPS) is 15.3. The second kappa shape index (κ2) is 12.0. The van der Waals surface area contributed by atoms with E-state index >= 15 is 0 Å². The maximum atomic E-state index is 11.0. The van der Waals surface area contributed by atoms with E-state index in [1.54, 1.807) is 18.2 Å². The highest BCUT2D eigenvalue weighted by Gasteiger charge is 2.12. The van der Waals surface area contributed by atoms with Gasteiger partial charge in [-0.25, -0.2) is 4.99 Å². The Bertz CT molecular complexity index is 564. The molecule has 2 N–H and O–H groups in total. The summed E-state index contributed by atoms with van der Waals surface area (Å²) < 4.78 is 5.33. The molecule has 0 atom stereocenters. The van der Waals surface area contributed by atoms with Crippen molar-refractivity contribution in [3.63, 3.8) is 0 Å². The standard InChI is InChI=1S/C16H25N5O3.HI/c1-2-17-16(18-7-8-20-9-11-24-12-10-20)19-13-14-5-3-4-6-15(14)21(22)23;/h3-6H,2,7-13H2,1H3,(H2,17,18,19);1H. The summed E-state index contributed by atoms with van der Waals surface area (Å²) in [5.41, 5.74) is 0.707. The second-order valence-corrected chi connectivity index (χ2v) is 5.46. The number of aliphatic imine (C=N–C) groups is 1. The van der Waals surface area contributed by atoms with Crippen LogP contribution in [0.25, 0.3) is 0 Å². The van der Waals surface area contributed by atoms with E-state index in [4.69, 9.17) is 4.74 Å².